The van der Waals surface area contributed by atoms with Crippen molar-refractivity contribution in [2.75, 3.05) is 5.75 Å². The van der Waals surface area contributed by atoms with E-state index >= 15 is 0 Å². The smallest absolute Gasteiger partial charge is 0.304 e. The number of unbranched alkanes of at least 4 members (excludes halogenated alkanes) is 3. The van der Waals surface area contributed by atoms with Crippen LogP contribution in [-0.2, 0) is 4.79 Å². The molecule has 0 amide bonds. The van der Waals surface area contributed by atoms with E-state index in [9.17, 15) is 4.79 Å². The standard InChI is InChI=1S/C11H20O2S/c1-3-4-5-6-7-8-14-10(2)9-11(12)13/h3,10H,1,4-9H2,2H3,(H,12,13). The van der Waals surface area contributed by atoms with Crippen LogP contribution in [0.5, 0.6) is 0 Å². The molecule has 0 aromatic heterocycles. The Labute approximate surface area is 90.8 Å². The molecule has 0 heterocycles. The van der Waals surface area contributed by atoms with Gasteiger partial charge in [0.2, 0.25) is 0 Å². The summed E-state index contributed by atoms with van der Waals surface area (Å²) in [6, 6.07) is 0. The van der Waals surface area contributed by atoms with Gasteiger partial charge in [-0.1, -0.05) is 19.4 Å². The first-order valence-electron chi connectivity index (χ1n) is 5.11. The fourth-order valence-corrected chi connectivity index (χ4v) is 2.19. The third-order valence-corrected chi connectivity index (χ3v) is 3.18. The number of carboxylic acids is 1. The minimum absolute atomic E-state index is 0.243. The third kappa shape index (κ3) is 9.65. The Kier molecular flexibility index (Phi) is 8.84. The van der Waals surface area contributed by atoms with Crippen LogP contribution in [0.1, 0.15) is 39.0 Å². The van der Waals surface area contributed by atoms with Crippen molar-refractivity contribution in [2.24, 2.45) is 0 Å². The fraction of sp³-hybridized carbons (Fsp3) is 0.727. The summed E-state index contributed by atoms with van der Waals surface area (Å²) in [4.78, 5) is 10.4. The average Bonchev–Trinajstić information content (AvgIpc) is 2.10. The lowest BCUT2D eigenvalue weighted by Gasteiger charge is -2.07. The first-order valence-corrected chi connectivity index (χ1v) is 6.16. The van der Waals surface area contributed by atoms with E-state index in [1.807, 2.05) is 13.0 Å². The number of carbonyl (C=O) groups is 1. The van der Waals surface area contributed by atoms with Crippen molar-refractivity contribution in [1.82, 2.24) is 0 Å². The van der Waals surface area contributed by atoms with Gasteiger partial charge in [-0.15, -0.1) is 6.58 Å². The van der Waals surface area contributed by atoms with Crippen molar-refractivity contribution < 1.29 is 9.90 Å². The zero-order valence-electron chi connectivity index (χ0n) is 8.87. The highest BCUT2D eigenvalue weighted by Gasteiger charge is 2.06. The van der Waals surface area contributed by atoms with Gasteiger partial charge in [-0.3, -0.25) is 4.79 Å². The number of aliphatic carboxylic acids is 1. The third-order valence-electron chi connectivity index (χ3n) is 1.92. The Balaban J connectivity index is 3.18. The summed E-state index contributed by atoms with van der Waals surface area (Å²) in [6.07, 6.45) is 6.92. The minimum Gasteiger partial charge on any atom is -0.481 e. The SMILES string of the molecule is C=CCCCCCSC(C)CC(=O)O. The molecule has 1 N–H and O–H groups in total. The van der Waals surface area contributed by atoms with Crippen molar-refractivity contribution in [1.29, 1.82) is 0 Å². The normalized spacial score (nSPS) is 12.4. The highest BCUT2D eigenvalue weighted by atomic mass is 32.2. The topological polar surface area (TPSA) is 37.3 Å². The maximum absolute atomic E-state index is 10.4. The summed E-state index contributed by atoms with van der Waals surface area (Å²) in [6.45, 7) is 5.64. The van der Waals surface area contributed by atoms with Crippen molar-refractivity contribution in [3.05, 3.63) is 12.7 Å². The maximum atomic E-state index is 10.4. The number of rotatable bonds is 9. The summed E-state index contributed by atoms with van der Waals surface area (Å²) in [5.41, 5.74) is 0. The molecule has 0 aliphatic carbocycles. The van der Waals surface area contributed by atoms with Crippen molar-refractivity contribution >= 4 is 17.7 Å². The Morgan fingerprint density at radius 2 is 2.21 bits per heavy atom. The predicted molar refractivity (Wildman–Crippen MR) is 62.8 cm³/mol. The van der Waals surface area contributed by atoms with Crippen LogP contribution in [0.15, 0.2) is 12.7 Å². The zero-order valence-corrected chi connectivity index (χ0v) is 9.68. The average molecular weight is 216 g/mol. The molecule has 82 valence electrons. The van der Waals surface area contributed by atoms with Crippen LogP contribution in [-0.4, -0.2) is 22.1 Å². The Bertz CT molecular complexity index is 169. The molecular weight excluding hydrogens is 196 g/mol. The molecular formula is C11H20O2S. The molecule has 0 bridgehead atoms. The predicted octanol–water partition coefficient (Wildman–Crippen LogP) is 3.33. The van der Waals surface area contributed by atoms with Gasteiger partial charge >= 0.3 is 5.97 Å². The molecule has 0 aliphatic rings. The van der Waals surface area contributed by atoms with E-state index in [1.54, 1.807) is 11.8 Å². The van der Waals surface area contributed by atoms with Gasteiger partial charge in [0.05, 0.1) is 6.42 Å². The van der Waals surface area contributed by atoms with Crippen molar-refractivity contribution in [3.8, 4) is 0 Å². The van der Waals surface area contributed by atoms with Gasteiger partial charge in [-0.2, -0.15) is 11.8 Å². The molecule has 14 heavy (non-hydrogen) atoms. The summed E-state index contributed by atoms with van der Waals surface area (Å²) in [7, 11) is 0. The van der Waals surface area contributed by atoms with Crippen molar-refractivity contribution in [3.63, 3.8) is 0 Å². The molecule has 0 saturated carbocycles. The summed E-state index contributed by atoms with van der Waals surface area (Å²) >= 11 is 1.76. The van der Waals surface area contributed by atoms with Crippen LogP contribution in [0.2, 0.25) is 0 Å². The maximum Gasteiger partial charge on any atom is 0.304 e. The van der Waals surface area contributed by atoms with E-state index in [4.69, 9.17) is 5.11 Å². The molecule has 0 fully saturated rings. The highest BCUT2D eigenvalue weighted by Crippen LogP contribution is 2.16. The van der Waals surface area contributed by atoms with Gasteiger partial charge in [0.25, 0.3) is 0 Å². The van der Waals surface area contributed by atoms with Crippen LogP contribution in [0.3, 0.4) is 0 Å². The lowest BCUT2D eigenvalue weighted by molar-refractivity contribution is -0.136. The van der Waals surface area contributed by atoms with E-state index in [0.29, 0.717) is 0 Å². The van der Waals surface area contributed by atoms with Gasteiger partial charge in [-0.25, -0.2) is 0 Å². The first kappa shape index (κ1) is 13.6. The second-order valence-electron chi connectivity index (χ2n) is 3.42. The van der Waals surface area contributed by atoms with Crippen LogP contribution in [0.25, 0.3) is 0 Å². The molecule has 0 aromatic carbocycles. The lowest BCUT2D eigenvalue weighted by atomic mass is 10.2. The quantitative estimate of drug-likeness (QED) is 0.474. The minimum atomic E-state index is -0.698. The van der Waals surface area contributed by atoms with Crippen LogP contribution >= 0.6 is 11.8 Å². The molecule has 0 spiro atoms. The Hall–Kier alpha value is -0.440. The van der Waals surface area contributed by atoms with Gasteiger partial charge in [0.15, 0.2) is 0 Å². The highest BCUT2D eigenvalue weighted by molar-refractivity contribution is 7.99. The van der Waals surface area contributed by atoms with Gasteiger partial charge < -0.3 is 5.11 Å². The van der Waals surface area contributed by atoms with E-state index in [0.717, 1.165) is 12.2 Å². The van der Waals surface area contributed by atoms with E-state index < -0.39 is 5.97 Å². The second kappa shape index (κ2) is 9.13. The van der Waals surface area contributed by atoms with Crippen LogP contribution < -0.4 is 0 Å². The molecule has 1 atom stereocenters. The number of hydrogen-bond donors (Lipinski definition) is 1. The van der Waals surface area contributed by atoms with Crippen LogP contribution in [0.4, 0.5) is 0 Å². The molecule has 0 aromatic rings. The van der Waals surface area contributed by atoms with Crippen molar-refractivity contribution in [2.45, 2.75) is 44.3 Å². The molecule has 3 heteroatoms. The Morgan fingerprint density at radius 1 is 1.50 bits per heavy atom. The number of thioether (sulfide) groups is 1. The van der Waals surface area contributed by atoms with E-state index in [1.165, 1.54) is 19.3 Å². The summed E-state index contributed by atoms with van der Waals surface area (Å²) in [5.74, 6) is 0.377. The second-order valence-corrected chi connectivity index (χ2v) is 4.96. The zero-order chi connectivity index (χ0) is 10.8. The molecule has 2 nitrogen and oxygen atoms in total. The van der Waals surface area contributed by atoms with Gasteiger partial charge in [-0.05, 0) is 25.0 Å². The summed E-state index contributed by atoms with van der Waals surface area (Å²) < 4.78 is 0. The van der Waals surface area contributed by atoms with E-state index in [2.05, 4.69) is 6.58 Å². The number of allylic oxidation sites excluding steroid dienone is 1. The molecule has 1 unspecified atom stereocenters. The largest absolute Gasteiger partial charge is 0.481 e. The first-order chi connectivity index (χ1) is 6.66. The van der Waals surface area contributed by atoms with Crippen LogP contribution in [0, 0.1) is 0 Å². The monoisotopic (exact) mass is 216 g/mol. The lowest BCUT2D eigenvalue weighted by Crippen LogP contribution is -2.06. The Morgan fingerprint density at radius 3 is 2.79 bits per heavy atom. The summed E-state index contributed by atoms with van der Waals surface area (Å²) in [5, 5.41) is 8.77. The van der Waals surface area contributed by atoms with Gasteiger partial charge in [0, 0.05) is 5.25 Å². The van der Waals surface area contributed by atoms with E-state index in [-0.39, 0.29) is 11.7 Å². The number of hydrogen-bond acceptors (Lipinski definition) is 2. The molecule has 0 saturated heterocycles. The molecule has 0 aliphatic heterocycles. The number of carboxylic acid groups (broad SMARTS) is 1. The molecule has 0 rings (SSSR count). The molecule has 0 radical (unpaired) electrons. The van der Waals surface area contributed by atoms with Gasteiger partial charge in [0.1, 0.15) is 0 Å². The fourth-order valence-electron chi connectivity index (χ4n) is 1.16.